The number of halogens is 1. The molecule has 0 spiro atoms. The largest absolute Gasteiger partial charge is 0.494 e. The lowest BCUT2D eigenvalue weighted by Gasteiger charge is -2.31. The molecule has 2 nitrogen and oxygen atoms in total. The Morgan fingerprint density at radius 1 is 1.29 bits per heavy atom. The number of fused-ring (bicyclic) bond motifs is 1. The van der Waals surface area contributed by atoms with Crippen LogP contribution in [-0.2, 0) is 6.42 Å². The van der Waals surface area contributed by atoms with Gasteiger partial charge in [-0.15, -0.1) is 0 Å². The SMILES string of the molecule is COc1cc(C(C)NCC2Cc3ccccc32)ccc1F. The molecule has 0 saturated heterocycles. The van der Waals surface area contributed by atoms with E-state index in [0.29, 0.717) is 11.7 Å². The van der Waals surface area contributed by atoms with Crippen molar-refractivity contribution in [2.24, 2.45) is 0 Å². The second-order valence-electron chi connectivity index (χ2n) is 5.62. The molecule has 0 fully saturated rings. The molecule has 0 amide bonds. The van der Waals surface area contributed by atoms with Crippen molar-refractivity contribution in [1.29, 1.82) is 0 Å². The van der Waals surface area contributed by atoms with E-state index in [1.54, 1.807) is 6.07 Å². The number of benzene rings is 2. The van der Waals surface area contributed by atoms with Gasteiger partial charge in [-0.2, -0.15) is 0 Å². The van der Waals surface area contributed by atoms with Gasteiger partial charge < -0.3 is 10.1 Å². The Morgan fingerprint density at radius 2 is 2.10 bits per heavy atom. The van der Waals surface area contributed by atoms with E-state index in [-0.39, 0.29) is 11.9 Å². The van der Waals surface area contributed by atoms with E-state index in [0.717, 1.165) is 18.5 Å². The fourth-order valence-electron chi connectivity index (χ4n) is 2.93. The summed E-state index contributed by atoms with van der Waals surface area (Å²) in [7, 11) is 1.49. The van der Waals surface area contributed by atoms with Gasteiger partial charge in [0.05, 0.1) is 7.11 Å². The first-order valence-electron chi connectivity index (χ1n) is 7.33. The quantitative estimate of drug-likeness (QED) is 0.901. The van der Waals surface area contributed by atoms with Crippen LogP contribution in [-0.4, -0.2) is 13.7 Å². The van der Waals surface area contributed by atoms with Gasteiger partial charge in [0, 0.05) is 18.5 Å². The van der Waals surface area contributed by atoms with Crippen molar-refractivity contribution in [3.8, 4) is 5.75 Å². The van der Waals surface area contributed by atoms with Crippen LogP contribution in [0.5, 0.6) is 5.75 Å². The summed E-state index contributed by atoms with van der Waals surface area (Å²) in [5.41, 5.74) is 3.95. The highest BCUT2D eigenvalue weighted by atomic mass is 19.1. The highest BCUT2D eigenvalue weighted by molar-refractivity contribution is 5.40. The summed E-state index contributed by atoms with van der Waals surface area (Å²) in [6.45, 7) is 3.04. The van der Waals surface area contributed by atoms with Gasteiger partial charge in [-0.1, -0.05) is 30.3 Å². The number of methoxy groups -OCH3 is 1. The molecular formula is C18H20FNO. The molecule has 2 unspecified atom stereocenters. The van der Waals surface area contributed by atoms with Crippen molar-refractivity contribution in [2.75, 3.05) is 13.7 Å². The van der Waals surface area contributed by atoms with Gasteiger partial charge in [0.1, 0.15) is 0 Å². The van der Waals surface area contributed by atoms with Gasteiger partial charge >= 0.3 is 0 Å². The van der Waals surface area contributed by atoms with Crippen LogP contribution >= 0.6 is 0 Å². The van der Waals surface area contributed by atoms with Crippen molar-refractivity contribution in [2.45, 2.75) is 25.3 Å². The Labute approximate surface area is 125 Å². The van der Waals surface area contributed by atoms with Crippen LogP contribution in [0.3, 0.4) is 0 Å². The van der Waals surface area contributed by atoms with Crippen molar-refractivity contribution < 1.29 is 9.13 Å². The molecule has 2 atom stereocenters. The first kappa shape index (κ1) is 14.1. The Bertz CT molecular complexity index is 641. The molecule has 0 heterocycles. The molecule has 0 bridgehead atoms. The van der Waals surface area contributed by atoms with Gasteiger partial charge in [-0.05, 0) is 42.2 Å². The molecule has 3 heteroatoms. The van der Waals surface area contributed by atoms with E-state index >= 15 is 0 Å². The highest BCUT2D eigenvalue weighted by Crippen LogP contribution is 2.34. The standard InChI is InChI=1S/C18H20FNO/c1-12(13-7-8-17(19)18(10-13)21-2)20-11-15-9-14-5-3-4-6-16(14)15/h3-8,10,12,15,20H,9,11H2,1-2H3. The smallest absolute Gasteiger partial charge is 0.165 e. The van der Waals surface area contributed by atoms with E-state index in [1.165, 1.54) is 24.3 Å². The average molecular weight is 285 g/mol. The van der Waals surface area contributed by atoms with Crippen LogP contribution in [0.1, 0.15) is 35.6 Å². The number of rotatable bonds is 5. The molecule has 0 radical (unpaired) electrons. The van der Waals surface area contributed by atoms with E-state index < -0.39 is 0 Å². The number of ether oxygens (including phenoxy) is 1. The third kappa shape index (κ3) is 2.79. The van der Waals surface area contributed by atoms with Crippen LogP contribution in [0.2, 0.25) is 0 Å². The maximum absolute atomic E-state index is 13.4. The lowest BCUT2D eigenvalue weighted by atomic mass is 9.77. The first-order valence-corrected chi connectivity index (χ1v) is 7.33. The average Bonchev–Trinajstić information content (AvgIpc) is 2.48. The van der Waals surface area contributed by atoms with Crippen molar-refractivity contribution in [3.05, 3.63) is 65.0 Å². The molecule has 1 aliphatic carbocycles. The summed E-state index contributed by atoms with van der Waals surface area (Å²) in [6.07, 6.45) is 1.14. The summed E-state index contributed by atoms with van der Waals surface area (Å²) in [5, 5.41) is 3.53. The molecule has 1 N–H and O–H groups in total. The van der Waals surface area contributed by atoms with E-state index in [9.17, 15) is 4.39 Å². The van der Waals surface area contributed by atoms with Crippen LogP contribution in [0.4, 0.5) is 4.39 Å². The molecule has 2 aromatic rings. The van der Waals surface area contributed by atoms with E-state index in [2.05, 4.69) is 36.5 Å². The lowest BCUT2D eigenvalue weighted by Crippen LogP contribution is -2.30. The topological polar surface area (TPSA) is 21.3 Å². The molecular weight excluding hydrogens is 265 g/mol. The van der Waals surface area contributed by atoms with Crippen molar-refractivity contribution in [1.82, 2.24) is 5.32 Å². The van der Waals surface area contributed by atoms with Crippen LogP contribution in [0, 0.1) is 5.82 Å². The highest BCUT2D eigenvalue weighted by Gasteiger charge is 2.25. The molecule has 0 aliphatic heterocycles. The monoisotopic (exact) mass is 285 g/mol. The number of hydrogen-bond donors (Lipinski definition) is 1. The summed E-state index contributed by atoms with van der Waals surface area (Å²) in [4.78, 5) is 0. The second-order valence-corrected chi connectivity index (χ2v) is 5.62. The van der Waals surface area contributed by atoms with Crippen LogP contribution in [0.25, 0.3) is 0 Å². The Balaban J connectivity index is 1.61. The molecule has 21 heavy (non-hydrogen) atoms. The second kappa shape index (κ2) is 5.86. The first-order chi connectivity index (χ1) is 10.2. The molecule has 2 aromatic carbocycles. The fourth-order valence-corrected chi connectivity index (χ4v) is 2.93. The molecule has 110 valence electrons. The zero-order valence-electron chi connectivity index (χ0n) is 12.4. The summed E-state index contributed by atoms with van der Waals surface area (Å²) >= 11 is 0. The maximum atomic E-state index is 13.4. The lowest BCUT2D eigenvalue weighted by molar-refractivity contribution is 0.384. The van der Waals surface area contributed by atoms with Crippen LogP contribution < -0.4 is 10.1 Å². The number of nitrogens with one attached hydrogen (secondary N) is 1. The third-order valence-corrected chi connectivity index (χ3v) is 4.31. The third-order valence-electron chi connectivity index (χ3n) is 4.31. The summed E-state index contributed by atoms with van der Waals surface area (Å²) in [6, 6.07) is 13.8. The Morgan fingerprint density at radius 3 is 2.86 bits per heavy atom. The minimum Gasteiger partial charge on any atom is -0.494 e. The maximum Gasteiger partial charge on any atom is 0.165 e. The normalized spacial score (nSPS) is 17.8. The Hall–Kier alpha value is -1.87. The summed E-state index contributed by atoms with van der Waals surface area (Å²) in [5.74, 6) is 0.572. The number of hydrogen-bond acceptors (Lipinski definition) is 2. The zero-order chi connectivity index (χ0) is 14.8. The van der Waals surface area contributed by atoms with E-state index in [4.69, 9.17) is 4.74 Å². The van der Waals surface area contributed by atoms with Crippen LogP contribution in [0.15, 0.2) is 42.5 Å². The van der Waals surface area contributed by atoms with Gasteiger partial charge in [0.15, 0.2) is 11.6 Å². The summed E-state index contributed by atoms with van der Waals surface area (Å²) < 4.78 is 18.5. The minimum atomic E-state index is -0.318. The van der Waals surface area contributed by atoms with Gasteiger partial charge in [0.2, 0.25) is 0 Å². The fraction of sp³-hybridized carbons (Fsp3) is 0.333. The molecule has 0 aromatic heterocycles. The molecule has 3 rings (SSSR count). The van der Waals surface area contributed by atoms with Gasteiger partial charge in [-0.3, -0.25) is 0 Å². The molecule has 1 aliphatic rings. The predicted octanol–water partition coefficient (Wildman–Crippen LogP) is 3.82. The predicted molar refractivity (Wildman–Crippen MR) is 82.3 cm³/mol. The van der Waals surface area contributed by atoms with Crippen molar-refractivity contribution in [3.63, 3.8) is 0 Å². The van der Waals surface area contributed by atoms with E-state index in [1.807, 2.05) is 6.07 Å². The van der Waals surface area contributed by atoms with Gasteiger partial charge in [-0.25, -0.2) is 4.39 Å². The van der Waals surface area contributed by atoms with Crippen molar-refractivity contribution >= 4 is 0 Å². The molecule has 0 saturated carbocycles. The minimum absolute atomic E-state index is 0.173. The Kier molecular flexibility index (Phi) is 3.93. The van der Waals surface area contributed by atoms with Gasteiger partial charge in [0.25, 0.3) is 0 Å². The zero-order valence-corrected chi connectivity index (χ0v) is 12.4.